The van der Waals surface area contributed by atoms with Gasteiger partial charge in [-0.2, -0.15) is 0 Å². The summed E-state index contributed by atoms with van der Waals surface area (Å²) in [5, 5.41) is 2.50. The molecule has 8 aromatic rings. The van der Waals surface area contributed by atoms with Gasteiger partial charge in [-0.25, -0.2) is 0 Å². The van der Waals surface area contributed by atoms with Crippen LogP contribution < -0.4 is 4.90 Å². The molecule has 0 saturated heterocycles. The Labute approximate surface area is 276 Å². The lowest BCUT2D eigenvalue weighted by Gasteiger charge is -2.28. The molecule has 0 atom stereocenters. The summed E-state index contributed by atoms with van der Waals surface area (Å²) in [7, 11) is 0. The molecule has 0 amide bonds. The van der Waals surface area contributed by atoms with Gasteiger partial charge in [0, 0.05) is 16.9 Å². The summed E-state index contributed by atoms with van der Waals surface area (Å²) in [5.74, 6) is 0. The number of nitrogens with zero attached hydrogens (tertiary/aromatic N) is 1. The molecule has 0 aliphatic heterocycles. The van der Waals surface area contributed by atoms with Crippen molar-refractivity contribution >= 4 is 27.8 Å². The summed E-state index contributed by atoms with van der Waals surface area (Å²) in [4.78, 5) is 2.39. The van der Waals surface area contributed by atoms with E-state index in [1.54, 1.807) is 0 Å². The Morgan fingerprint density at radius 2 is 0.766 bits per heavy atom. The third-order valence-corrected chi connectivity index (χ3v) is 8.88. The van der Waals surface area contributed by atoms with Crippen molar-refractivity contribution in [1.82, 2.24) is 0 Å². The zero-order chi connectivity index (χ0) is 31.4. The Kier molecular flexibility index (Phi) is 7.63. The minimum Gasteiger partial charge on any atom is -0.310 e. The Bertz CT molecular complexity index is 2280. The van der Waals surface area contributed by atoms with Gasteiger partial charge < -0.3 is 4.90 Å². The van der Waals surface area contributed by atoms with E-state index < -0.39 is 0 Å². The lowest BCUT2D eigenvalue weighted by molar-refractivity contribution is 1.28. The van der Waals surface area contributed by atoms with E-state index in [2.05, 4.69) is 205 Å². The van der Waals surface area contributed by atoms with Crippen LogP contribution in [0, 0.1) is 0 Å². The van der Waals surface area contributed by atoms with E-state index in [9.17, 15) is 0 Å². The highest BCUT2D eigenvalue weighted by atomic mass is 15.1. The number of benzene rings is 8. The van der Waals surface area contributed by atoms with Crippen LogP contribution in [0.1, 0.15) is 0 Å². The van der Waals surface area contributed by atoms with Crippen LogP contribution in [-0.4, -0.2) is 0 Å². The highest BCUT2D eigenvalue weighted by Gasteiger charge is 2.18. The highest BCUT2D eigenvalue weighted by molar-refractivity contribution is 5.98. The zero-order valence-electron chi connectivity index (χ0n) is 26.0. The quantitative estimate of drug-likeness (QED) is 0.176. The van der Waals surface area contributed by atoms with Crippen LogP contribution in [0.4, 0.5) is 17.1 Å². The van der Waals surface area contributed by atoms with E-state index in [1.807, 2.05) is 0 Å². The lowest BCUT2D eigenvalue weighted by atomic mass is 9.94. The molecule has 0 fully saturated rings. The van der Waals surface area contributed by atoms with Crippen LogP contribution in [0.25, 0.3) is 55.3 Å². The SMILES string of the molecule is c1ccc(-c2ccccc2-c2ccc(N(c3cccc(-c4cccc5ccccc45)c3)c3ccccc3-c3ccccc3)cc2)cc1. The number of fused-ring (bicyclic) bond motifs is 1. The predicted octanol–water partition coefficient (Wildman–Crippen LogP) is 13.0. The number of hydrogen-bond acceptors (Lipinski definition) is 1. The van der Waals surface area contributed by atoms with Crippen molar-refractivity contribution < 1.29 is 0 Å². The first-order valence-corrected chi connectivity index (χ1v) is 16.1. The number of anilines is 3. The molecule has 0 unspecified atom stereocenters. The van der Waals surface area contributed by atoms with Gasteiger partial charge in [0.25, 0.3) is 0 Å². The summed E-state index contributed by atoms with van der Waals surface area (Å²) >= 11 is 0. The Hall–Kier alpha value is -6.18. The molecule has 0 aromatic heterocycles. The van der Waals surface area contributed by atoms with Gasteiger partial charge in [0.1, 0.15) is 0 Å². The summed E-state index contributed by atoms with van der Waals surface area (Å²) in [6.07, 6.45) is 0. The number of hydrogen-bond donors (Lipinski definition) is 0. The third-order valence-electron chi connectivity index (χ3n) is 8.88. The Morgan fingerprint density at radius 1 is 0.277 bits per heavy atom. The van der Waals surface area contributed by atoms with E-state index in [1.165, 1.54) is 55.3 Å². The highest BCUT2D eigenvalue weighted by Crippen LogP contribution is 2.43. The molecule has 222 valence electrons. The van der Waals surface area contributed by atoms with Crippen LogP contribution >= 0.6 is 0 Å². The molecule has 1 heteroatoms. The summed E-state index contributed by atoms with van der Waals surface area (Å²) < 4.78 is 0. The maximum Gasteiger partial charge on any atom is 0.0540 e. The normalized spacial score (nSPS) is 11.0. The zero-order valence-corrected chi connectivity index (χ0v) is 26.0. The topological polar surface area (TPSA) is 3.24 Å². The molecule has 0 saturated carbocycles. The molecular formula is C46H33N. The molecule has 0 N–H and O–H groups in total. The average molecular weight is 600 g/mol. The largest absolute Gasteiger partial charge is 0.310 e. The maximum atomic E-state index is 2.39. The van der Waals surface area contributed by atoms with Gasteiger partial charge in [-0.05, 0) is 80.0 Å². The second kappa shape index (κ2) is 12.7. The molecule has 1 nitrogen and oxygen atoms in total. The first-order chi connectivity index (χ1) is 23.3. The van der Waals surface area contributed by atoms with Crippen molar-refractivity contribution in [3.63, 3.8) is 0 Å². The van der Waals surface area contributed by atoms with Crippen molar-refractivity contribution in [3.8, 4) is 44.5 Å². The van der Waals surface area contributed by atoms with Gasteiger partial charge in [0.15, 0.2) is 0 Å². The third kappa shape index (κ3) is 5.60. The van der Waals surface area contributed by atoms with Gasteiger partial charge in [-0.3, -0.25) is 0 Å². The van der Waals surface area contributed by atoms with E-state index >= 15 is 0 Å². The van der Waals surface area contributed by atoms with Crippen molar-refractivity contribution in [1.29, 1.82) is 0 Å². The summed E-state index contributed by atoms with van der Waals surface area (Å²) in [6.45, 7) is 0. The molecule has 0 heterocycles. The van der Waals surface area contributed by atoms with Crippen molar-refractivity contribution in [2.75, 3.05) is 4.90 Å². The average Bonchev–Trinajstić information content (AvgIpc) is 3.16. The Balaban J connectivity index is 1.28. The molecule has 8 rings (SSSR count). The van der Waals surface area contributed by atoms with Gasteiger partial charge in [0.05, 0.1) is 5.69 Å². The molecule has 0 spiro atoms. The minimum absolute atomic E-state index is 1.10. The van der Waals surface area contributed by atoms with Crippen LogP contribution in [-0.2, 0) is 0 Å². The first kappa shape index (κ1) is 28.3. The van der Waals surface area contributed by atoms with Crippen molar-refractivity contribution in [3.05, 3.63) is 200 Å². The monoisotopic (exact) mass is 599 g/mol. The standard InChI is InChI=1S/C46H33N/c1-3-15-34(16-4-1)41-24-9-10-25-43(41)37-29-31-39(32-30-37)47(46-28-12-11-26-45(46)36-17-5-2-6-18-36)40-22-13-21-38(33-40)44-27-14-20-35-19-7-8-23-42(35)44/h1-33H. The molecular weight excluding hydrogens is 567 g/mol. The fourth-order valence-electron chi connectivity index (χ4n) is 6.64. The van der Waals surface area contributed by atoms with E-state index in [4.69, 9.17) is 0 Å². The van der Waals surface area contributed by atoms with Crippen LogP contribution in [0.5, 0.6) is 0 Å². The second-order valence-corrected chi connectivity index (χ2v) is 11.8. The summed E-state index contributed by atoms with van der Waals surface area (Å²) in [6, 6.07) is 71.8. The molecule has 0 aliphatic carbocycles. The molecule has 8 aromatic carbocycles. The molecule has 47 heavy (non-hydrogen) atoms. The maximum absolute atomic E-state index is 2.39. The minimum atomic E-state index is 1.10. The smallest absolute Gasteiger partial charge is 0.0540 e. The van der Waals surface area contributed by atoms with E-state index in [0.29, 0.717) is 0 Å². The summed E-state index contributed by atoms with van der Waals surface area (Å²) in [5.41, 5.74) is 13.0. The first-order valence-electron chi connectivity index (χ1n) is 16.1. The predicted molar refractivity (Wildman–Crippen MR) is 200 cm³/mol. The lowest BCUT2D eigenvalue weighted by Crippen LogP contribution is -2.11. The van der Waals surface area contributed by atoms with Gasteiger partial charge in [0.2, 0.25) is 0 Å². The van der Waals surface area contributed by atoms with Crippen molar-refractivity contribution in [2.45, 2.75) is 0 Å². The fourth-order valence-corrected chi connectivity index (χ4v) is 6.64. The van der Waals surface area contributed by atoms with Gasteiger partial charge in [-0.1, -0.05) is 170 Å². The number of para-hydroxylation sites is 1. The number of rotatable bonds is 7. The van der Waals surface area contributed by atoms with Crippen LogP contribution in [0.3, 0.4) is 0 Å². The van der Waals surface area contributed by atoms with Crippen LogP contribution in [0.15, 0.2) is 200 Å². The van der Waals surface area contributed by atoms with Gasteiger partial charge >= 0.3 is 0 Å². The van der Waals surface area contributed by atoms with E-state index in [0.717, 1.165) is 17.1 Å². The molecule has 0 radical (unpaired) electrons. The Morgan fingerprint density at radius 3 is 1.49 bits per heavy atom. The molecule has 0 aliphatic rings. The van der Waals surface area contributed by atoms with Crippen LogP contribution in [0.2, 0.25) is 0 Å². The van der Waals surface area contributed by atoms with Crippen molar-refractivity contribution in [2.24, 2.45) is 0 Å². The molecule has 0 bridgehead atoms. The fraction of sp³-hybridized carbons (Fsp3) is 0. The van der Waals surface area contributed by atoms with E-state index in [-0.39, 0.29) is 0 Å². The van der Waals surface area contributed by atoms with Gasteiger partial charge in [-0.15, -0.1) is 0 Å². The second-order valence-electron chi connectivity index (χ2n) is 11.8.